The molecule has 0 bridgehead atoms. The number of esters is 1. The number of rotatable bonds is 7. The maximum Gasteiger partial charge on any atom is 0.338 e. The number of carbonyl (C=O) groups excluding carboxylic acids is 2. The highest BCUT2D eigenvalue weighted by atomic mass is 16.5. The zero-order valence-corrected chi connectivity index (χ0v) is 11.1. The van der Waals surface area contributed by atoms with E-state index in [1.54, 1.807) is 24.3 Å². The van der Waals surface area contributed by atoms with Gasteiger partial charge >= 0.3 is 5.97 Å². The highest BCUT2D eigenvalue weighted by molar-refractivity contribution is 5.93. The van der Waals surface area contributed by atoms with E-state index in [9.17, 15) is 9.59 Å². The molecule has 0 saturated carbocycles. The summed E-state index contributed by atoms with van der Waals surface area (Å²) in [6.45, 7) is 2.78. The summed E-state index contributed by atoms with van der Waals surface area (Å²) < 4.78 is 5.09. The van der Waals surface area contributed by atoms with E-state index >= 15 is 0 Å². The molecule has 0 unspecified atom stereocenters. The van der Waals surface area contributed by atoms with Gasteiger partial charge < -0.3 is 15.8 Å². The number of nitrogens with two attached hydrogens (primary N) is 1. The Balaban J connectivity index is 2.51. The van der Waals surface area contributed by atoms with E-state index in [1.807, 2.05) is 6.92 Å². The molecule has 0 aliphatic carbocycles. The molecule has 1 aromatic rings. The Labute approximate surface area is 113 Å². The van der Waals surface area contributed by atoms with Gasteiger partial charge in [-0.3, -0.25) is 4.79 Å². The Morgan fingerprint density at radius 1 is 1.26 bits per heavy atom. The van der Waals surface area contributed by atoms with E-state index in [0.29, 0.717) is 24.4 Å². The molecule has 0 aliphatic rings. The number of anilines is 1. The lowest BCUT2D eigenvalue weighted by Crippen LogP contribution is -2.16. The van der Waals surface area contributed by atoms with Crippen molar-refractivity contribution < 1.29 is 14.3 Å². The number of carbonyl (C=O) groups is 2. The molecule has 1 rings (SSSR count). The number of hydrogen-bond acceptors (Lipinski definition) is 4. The SMILES string of the molecule is CCCCOC(=O)c1ccc(NC(=O)CCN)cc1. The maximum atomic E-state index is 11.6. The van der Waals surface area contributed by atoms with Crippen molar-refractivity contribution in [1.29, 1.82) is 0 Å². The summed E-state index contributed by atoms with van der Waals surface area (Å²) in [7, 11) is 0. The van der Waals surface area contributed by atoms with Gasteiger partial charge in [0.15, 0.2) is 0 Å². The largest absolute Gasteiger partial charge is 0.462 e. The lowest BCUT2D eigenvalue weighted by Gasteiger charge is -2.06. The van der Waals surface area contributed by atoms with Crippen LogP contribution < -0.4 is 11.1 Å². The van der Waals surface area contributed by atoms with Crippen molar-refractivity contribution in [3.63, 3.8) is 0 Å². The first-order chi connectivity index (χ1) is 9.17. The molecular weight excluding hydrogens is 244 g/mol. The molecule has 0 spiro atoms. The molecule has 1 aromatic carbocycles. The summed E-state index contributed by atoms with van der Waals surface area (Å²) in [4.78, 5) is 23.0. The van der Waals surface area contributed by atoms with Crippen LogP contribution in [-0.2, 0) is 9.53 Å². The van der Waals surface area contributed by atoms with Crippen LogP contribution in [0.3, 0.4) is 0 Å². The number of amides is 1. The Kier molecular flexibility index (Phi) is 6.60. The number of benzene rings is 1. The molecule has 5 heteroatoms. The molecule has 0 heterocycles. The summed E-state index contributed by atoms with van der Waals surface area (Å²) in [6.07, 6.45) is 2.12. The number of hydrogen-bond donors (Lipinski definition) is 2. The lowest BCUT2D eigenvalue weighted by molar-refractivity contribution is -0.116. The summed E-state index contributed by atoms with van der Waals surface area (Å²) in [6, 6.07) is 6.61. The summed E-state index contributed by atoms with van der Waals surface area (Å²) in [5.74, 6) is -0.478. The zero-order valence-electron chi connectivity index (χ0n) is 11.1. The average molecular weight is 264 g/mol. The number of unbranched alkanes of at least 4 members (excludes halogenated alkanes) is 1. The van der Waals surface area contributed by atoms with Crippen LogP contribution in [0.25, 0.3) is 0 Å². The quantitative estimate of drug-likeness (QED) is 0.582. The van der Waals surface area contributed by atoms with Gasteiger partial charge in [-0.25, -0.2) is 4.79 Å². The third kappa shape index (κ3) is 5.52. The molecule has 0 saturated heterocycles. The highest BCUT2D eigenvalue weighted by Crippen LogP contribution is 2.11. The summed E-state index contributed by atoms with van der Waals surface area (Å²) >= 11 is 0. The second-order valence-electron chi connectivity index (χ2n) is 4.15. The van der Waals surface area contributed by atoms with Crippen LogP contribution in [-0.4, -0.2) is 25.0 Å². The third-order valence-electron chi connectivity index (χ3n) is 2.51. The van der Waals surface area contributed by atoms with Crippen LogP contribution in [0.4, 0.5) is 5.69 Å². The summed E-state index contributed by atoms with van der Waals surface area (Å²) in [5, 5.41) is 2.69. The van der Waals surface area contributed by atoms with E-state index in [2.05, 4.69) is 5.32 Å². The van der Waals surface area contributed by atoms with E-state index in [4.69, 9.17) is 10.5 Å². The van der Waals surface area contributed by atoms with E-state index in [1.165, 1.54) is 0 Å². The molecule has 5 nitrogen and oxygen atoms in total. The minimum atomic E-state index is -0.340. The molecular formula is C14H20N2O3. The van der Waals surface area contributed by atoms with Crippen LogP contribution in [0.2, 0.25) is 0 Å². The van der Waals surface area contributed by atoms with Gasteiger partial charge in [-0.1, -0.05) is 13.3 Å². The highest BCUT2D eigenvalue weighted by Gasteiger charge is 2.07. The van der Waals surface area contributed by atoms with Gasteiger partial charge in [0.25, 0.3) is 0 Å². The summed E-state index contributed by atoms with van der Waals surface area (Å²) in [5.41, 5.74) is 6.40. The zero-order chi connectivity index (χ0) is 14.1. The van der Waals surface area contributed by atoms with Crippen molar-refractivity contribution in [2.75, 3.05) is 18.5 Å². The lowest BCUT2D eigenvalue weighted by atomic mass is 10.2. The second kappa shape index (κ2) is 8.26. The molecule has 104 valence electrons. The molecule has 0 atom stereocenters. The van der Waals surface area contributed by atoms with Crippen molar-refractivity contribution in [1.82, 2.24) is 0 Å². The van der Waals surface area contributed by atoms with Gasteiger partial charge in [0.2, 0.25) is 5.91 Å². The fourth-order valence-electron chi connectivity index (χ4n) is 1.44. The monoisotopic (exact) mass is 264 g/mol. The van der Waals surface area contributed by atoms with Crippen LogP contribution >= 0.6 is 0 Å². The van der Waals surface area contributed by atoms with Gasteiger partial charge in [0, 0.05) is 18.7 Å². The number of nitrogens with one attached hydrogen (secondary N) is 1. The van der Waals surface area contributed by atoms with E-state index in [-0.39, 0.29) is 18.3 Å². The van der Waals surface area contributed by atoms with Crippen molar-refractivity contribution in [2.24, 2.45) is 5.73 Å². The second-order valence-corrected chi connectivity index (χ2v) is 4.15. The molecule has 0 fully saturated rings. The molecule has 0 radical (unpaired) electrons. The van der Waals surface area contributed by atoms with Gasteiger partial charge in [-0.15, -0.1) is 0 Å². The first-order valence-electron chi connectivity index (χ1n) is 6.44. The van der Waals surface area contributed by atoms with Gasteiger partial charge in [-0.05, 0) is 30.7 Å². The van der Waals surface area contributed by atoms with Crippen molar-refractivity contribution in [3.05, 3.63) is 29.8 Å². The van der Waals surface area contributed by atoms with Crippen LogP contribution in [0.15, 0.2) is 24.3 Å². The third-order valence-corrected chi connectivity index (χ3v) is 2.51. The Bertz CT molecular complexity index is 415. The number of ether oxygens (including phenoxy) is 1. The predicted molar refractivity (Wildman–Crippen MR) is 73.9 cm³/mol. The first kappa shape index (κ1) is 15.2. The normalized spacial score (nSPS) is 10.0. The van der Waals surface area contributed by atoms with Crippen molar-refractivity contribution >= 4 is 17.6 Å². The van der Waals surface area contributed by atoms with E-state index in [0.717, 1.165) is 12.8 Å². The maximum absolute atomic E-state index is 11.6. The predicted octanol–water partition coefficient (Wildman–Crippen LogP) is 1.93. The van der Waals surface area contributed by atoms with Gasteiger partial charge in [0.1, 0.15) is 0 Å². The first-order valence-corrected chi connectivity index (χ1v) is 6.44. The van der Waals surface area contributed by atoms with Gasteiger partial charge in [-0.2, -0.15) is 0 Å². The van der Waals surface area contributed by atoms with Gasteiger partial charge in [0.05, 0.1) is 12.2 Å². The minimum Gasteiger partial charge on any atom is -0.462 e. The standard InChI is InChI=1S/C14H20N2O3/c1-2-3-10-19-14(18)11-4-6-12(7-5-11)16-13(17)8-9-15/h4-7H,2-3,8-10,15H2,1H3,(H,16,17). The molecule has 19 heavy (non-hydrogen) atoms. The average Bonchev–Trinajstić information content (AvgIpc) is 2.40. The molecule has 1 amide bonds. The van der Waals surface area contributed by atoms with Crippen LogP contribution in [0.5, 0.6) is 0 Å². The fourth-order valence-corrected chi connectivity index (χ4v) is 1.44. The smallest absolute Gasteiger partial charge is 0.338 e. The van der Waals surface area contributed by atoms with Crippen LogP contribution in [0.1, 0.15) is 36.5 Å². The fraction of sp³-hybridized carbons (Fsp3) is 0.429. The minimum absolute atomic E-state index is 0.138. The topological polar surface area (TPSA) is 81.4 Å². The van der Waals surface area contributed by atoms with E-state index < -0.39 is 0 Å². The van der Waals surface area contributed by atoms with Crippen molar-refractivity contribution in [3.8, 4) is 0 Å². The Hall–Kier alpha value is -1.88. The van der Waals surface area contributed by atoms with Crippen LogP contribution in [0, 0.1) is 0 Å². The molecule has 0 aromatic heterocycles. The van der Waals surface area contributed by atoms with Crippen molar-refractivity contribution in [2.45, 2.75) is 26.2 Å². The molecule has 3 N–H and O–H groups in total. The molecule has 0 aliphatic heterocycles. The Morgan fingerprint density at radius 3 is 2.53 bits per heavy atom. The Morgan fingerprint density at radius 2 is 1.95 bits per heavy atom.